The molecule has 0 spiro atoms. The molecule has 0 radical (unpaired) electrons. The van der Waals surface area contributed by atoms with Crippen molar-refractivity contribution in [3.63, 3.8) is 0 Å². The summed E-state index contributed by atoms with van der Waals surface area (Å²) in [7, 11) is -1.46. The molecule has 8 nitrogen and oxygen atoms in total. The molecule has 0 aliphatic carbocycles. The third-order valence-electron chi connectivity index (χ3n) is 5.36. The van der Waals surface area contributed by atoms with E-state index in [9.17, 15) is 18.0 Å². The molecule has 35 heavy (non-hydrogen) atoms. The monoisotopic (exact) mass is 496 g/mol. The summed E-state index contributed by atoms with van der Waals surface area (Å²) in [5, 5.41) is 2.64. The Morgan fingerprint density at radius 3 is 2.31 bits per heavy atom. The molecule has 0 aliphatic rings. The number of rotatable bonds is 10. The van der Waals surface area contributed by atoms with E-state index in [0.29, 0.717) is 6.42 Å². The molecule has 184 valence electrons. The summed E-state index contributed by atoms with van der Waals surface area (Å²) in [4.78, 5) is 25.0. The summed E-state index contributed by atoms with van der Waals surface area (Å²) >= 11 is 0. The zero-order chi connectivity index (χ0) is 25.4. The molecule has 3 aromatic carbocycles. The van der Waals surface area contributed by atoms with Crippen LogP contribution in [0.4, 0.5) is 5.69 Å². The van der Waals surface area contributed by atoms with E-state index in [1.807, 2.05) is 30.3 Å². The lowest BCUT2D eigenvalue weighted by Crippen LogP contribution is -2.39. The summed E-state index contributed by atoms with van der Waals surface area (Å²) < 4.78 is 38.6. The quantitative estimate of drug-likeness (QED) is 0.430. The third kappa shape index (κ3) is 6.46. The molecule has 0 saturated carbocycles. The van der Waals surface area contributed by atoms with Crippen LogP contribution >= 0.6 is 0 Å². The Balaban J connectivity index is 1.91. The highest BCUT2D eigenvalue weighted by molar-refractivity contribution is 7.89. The summed E-state index contributed by atoms with van der Waals surface area (Å²) in [6, 6.07) is 20.6. The normalized spacial score (nSPS) is 11.2. The van der Waals surface area contributed by atoms with Gasteiger partial charge in [0.05, 0.1) is 32.0 Å². The number of carbonyl (C=O) groups excluding carboxylic acids is 2. The molecular weight excluding hydrogens is 468 g/mol. The van der Waals surface area contributed by atoms with E-state index in [2.05, 4.69) is 5.32 Å². The lowest BCUT2D eigenvalue weighted by Gasteiger charge is -2.23. The zero-order valence-corrected chi connectivity index (χ0v) is 20.7. The maximum atomic E-state index is 13.7. The molecule has 1 N–H and O–H groups in total. The lowest BCUT2D eigenvalue weighted by molar-refractivity contribution is -0.116. The van der Waals surface area contributed by atoms with Crippen molar-refractivity contribution in [3.05, 3.63) is 89.5 Å². The Hall–Kier alpha value is -3.69. The van der Waals surface area contributed by atoms with Gasteiger partial charge in [0.2, 0.25) is 15.9 Å². The van der Waals surface area contributed by atoms with E-state index in [-0.39, 0.29) is 28.4 Å². The van der Waals surface area contributed by atoms with Gasteiger partial charge in [-0.2, -0.15) is 4.31 Å². The van der Waals surface area contributed by atoms with Crippen molar-refractivity contribution in [1.29, 1.82) is 0 Å². The first-order chi connectivity index (χ1) is 16.8. The molecule has 0 saturated heterocycles. The topological polar surface area (TPSA) is 102 Å². The highest BCUT2D eigenvalue weighted by Crippen LogP contribution is 2.28. The SMILES string of the molecule is COC(=O)c1ccccc1NC(=O)CN(CCc1ccccc1)S(=O)(=O)c1cc(C)ccc1OC. The van der Waals surface area contributed by atoms with Crippen molar-refractivity contribution in [2.75, 3.05) is 32.6 Å². The Kier molecular flexibility index (Phi) is 8.62. The van der Waals surface area contributed by atoms with Crippen molar-refractivity contribution in [2.24, 2.45) is 0 Å². The Morgan fingerprint density at radius 2 is 1.63 bits per heavy atom. The van der Waals surface area contributed by atoms with Gasteiger partial charge >= 0.3 is 5.97 Å². The van der Waals surface area contributed by atoms with E-state index >= 15 is 0 Å². The Morgan fingerprint density at radius 1 is 0.943 bits per heavy atom. The fourth-order valence-electron chi connectivity index (χ4n) is 3.54. The molecular formula is C26H28N2O6S. The van der Waals surface area contributed by atoms with Gasteiger partial charge < -0.3 is 14.8 Å². The van der Waals surface area contributed by atoms with Gasteiger partial charge in [0, 0.05) is 6.54 Å². The highest BCUT2D eigenvalue weighted by atomic mass is 32.2. The number of sulfonamides is 1. The van der Waals surface area contributed by atoms with Gasteiger partial charge in [-0.25, -0.2) is 13.2 Å². The van der Waals surface area contributed by atoms with Crippen molar-refractivity contribution < 1.29 is 27.5 Å². The second-order valence-electron chi connectivity index (χ2n) is 7.81. The van der Waals surface area contributed by atoms with E-state index in [1.54, 1.807) is 37.3 Å². The maximum Gasteiger partial charge on any atom is 0.339 e. The molecule has 1 amide bonds. The predicted molar refractivity (Wildman–Crippen MR) is 133 cm³/mol. The van der Waals surface area contributed by atoms with Crippen LogP contribution in [0, 0.1) is 6.92 Å². The van der Waals surface area contributed by atoms with Crippen LogP contribution in [0.2, 0.25) is 0 Å². The number of nitrogens with zero attached hydrogens (tertiary/aromatic N) is 1. The summed E-state index contributed by atoms with van der Waals surface area (Å²) in [5.41, 5.74) is 2.07. The van der Waals surface area contributed by atoms with Crippen molar-refractivity contribution in [2.45, 2.75) is 18.2 Å². The number of anilines is 1. The first kappa shape index (κ1) is 25.9. The molecule has 0 aromatic heterocycles. The van der Waals surface area contributed by atoms with Crippen LogP contribution in [0.25, 0.3) is 0 Å². The van der Waals surface area contributed by atoms with Crippen LogP contribution in [0.1, 0.15) is 21.5 Å². The van der Waals surface area contributed by atoms with Gasteiger partial charge in [-0.05, 0) is 48.7 Å². The second kappa shape index (κ2) is 11.6. The second-order valence-corrected chi connectivity index (χ2v) is 9.72. The molecule has 0 heterocycles. The molecule has 9 heteroatoms. The van der Waals surface area contributed by atoms with Gasteiger partial charge in [-0.3, -0.25) is 4.79 Å². The van der Waals surface area contributed by atoms with Crippen LogP contribution in [0.3, 0.4) is 0 Å². The van der Waals surface area contributed by atoms with E-state index in [1.165, 1.54) is 26.4 Å². The average Bonchev–Trinajstić information content (AvgIpc) is 2.86. The average molecular weight is 497 g/mol. The molecule has 0 atom stereocenters. The fourth-order valence-corrected chi connectivity index (χ4v) is 5.17. The van der Waals surface area contributed by atoms with Crippen LogP contribution in [-0.2, 0) is 26.0 Å². The maximum absolute atomic E-state index is 13.7. The van der Waals surface area contributed by atoms with Crippen LogP contribution in [-0.4, -0.2) is 51.9 Å². The van der Waals surface area contributed by atoms with Crippen LogP contribution < -0.4 is 10.1 Å². The van der Waals surface area contributed by atoms with Gasteiger partial charge in [-0.1, -0.05) is 48.5 Å². The van der Waals surface area contributed by atoms with Gasteiger partial charge in [0.25, 0.3) is 0 Å². The largest absolute Gasteiger partial charge is 0.495 e. The number of methoxy groups -OCH3 is 2. The summed E-state index contributed by atoms with van der Waals surface area (Å²) in [5.74, 6) is -1.01. The smallest absolute Gasteiger partial charge is 0.339 e. The number of ether oxygens (including phenoxy) is 2. The number of benzene rings is 3. The first-order valence-corrected chi connectivity index (χ1v) is 12.4. The molecule has 0 unspecified atom stereocenters. The molecule has 0 bridgehead atoms. The molecule has 0 aliphatic heterocycles. The fraction of sp³-hybridized carbons (Fsp3) is 0.231. The van der Waals surface area contributed by atoms with Gasteiger partial charge in [0.15, 0.2) is 0 Å². The zero-order valence-electron chi connectivity index (χ0n) is 19.9. The summed E-state index contributed by atoms with van der Waals surface area (Å²) in [6.45, 7) is 1.39. The van der Waals surface area contributed by atoms with Crippen LogP contribution in [0.15, 0.2) is 77.7 Å². The van der Waals surface area contributed by atoms with Crippen molar-refractivity contribution in [3.8, 4) is 5.75 Å². The minimum Gasteiger partial charge on any atom is -0.495 e. The number of hydrogen-bond donors (Lipinski definition) is 1. The first-order valence-electron chi connectivity index (χ1n) is 10.9. The predicted octanol–water partition coefficient (Wildman–Crippen LogP) is 3.66. The van der Waals surface area contributed by atoms with Crippen molar-refractivity contribution >= 4 is 27.6 Å². The van der Waals surface area contributed by atoms with Crippen molar-refractivity contribution in [1.82, 2.24) is 4.31 Å². The highest BCUT2D eigenvalue weighted by Gasteiger charge is 2.30. The third-order valence-corrected chi connectivity index (χ3v) is 7.22. The number of hydrogen-bond acceptors (Lipinski definition) is 6. The molecule has 3 aromatic rings. The Bertz CT molecular complexity index is 1290. The van der Waals surface area contributed by atoms with E-state index in [4.69, 9.17) is 9.47 Å². The number of amides is 1. The number of aryl methyl sites for hydroxylation is 1. The minimum absolute atomic E-state index is 0.0178. The minimum atomic E-state index is -4.10. The van der Waals surface area contributed by atoms with Gasteiger partial charge in [0.1, 0.15) is 10.6 Å². The van der Waals surface area contributed by atoms with Crippen LogP contribution in [0.5, 0.6) is 5.75 Å². The van der Waals surface area contributed by atoms with E-state index < -0.39 is 28.4 Å². The Labute approximate surface area is 205 Å². The van der Waals surface area contributed by atoms with Gasteiger partial charge in [-0.15, -0.1) is 0 Å². The number of esters is 1. The summed E-state index contributed by atoms with van der Waals surface area (Å²) in [6.07, 6.45) is 0.403. The molecule has 3 rings (SSSR count). The van der Waals surface area contributed by atoms with E-state index in [0.717, 1.165) is 15.4 Å². The molecule has 0 fully saturated rings. The standard InChI is InChI=1S/C26H28N2O6S/c1-19-13-14-23(33-2)24(17-19)35(31,32)28(16-15-20-9-5-4-6-10-20)18-25(29)27-22-12-8-7-11-21(22)26(30)34-3/h4-14,17H,15-16,18H2,1-3H3,(H,27,29). The number of para-hydroxylation sites is 1. The number of nitrogens with one attached hydrogen (secondary N) is 1. The lowest BCUT2D eigenvalue weighted by atomic mass is 10.1. The number of carbonyl (C=O) groups is 2.